The van der Waals surface area contributed by atoms with E-state index in [2.05, 4.69) is 61.3 Å². The molecule has 0 spiro atoms. The van der Waals surface area contributed by atoms with Gasteiger partial charge in [-0.1, -0.05) is 45.9 Å². The highest BCUT2D eigenvalue weighted by atomic mass is 32.1. The number of aromatic nitrogens is 3. The minimum atomic E-state index is -0.175. The van der Waals surface area contributed by atoms with E-state index in [9.17, 15) is 4.79 Å². The lowest BCUT2D eigenvalue weighted by Crippen LogP contribution is -2.16. The van der Waals surface area contributed by atoms with Gasteiger partial charge >= 0.3 is 0 Å². The summed E-state index contributed by atoms with van der Waals surface area (Å²) in [7, 11) is 1.86. The first-order chi connectivity index (χ1) is 12.4. The molecular weight excluding hydrogens is 344 g/mol. The zero-order valence-electron chi connectivity index (χ0n) is 15.8. The van der Waals surface area contributed by atoms with Crippen LogP contribution in [0, 0.1) is 0 Å². The van der Waals surface area contributed by atoms with Gasteiger partial charge < -0.3 is 5.32 Å². The Labute approximate surface area is 158 Å². The fourth-order valence-corrected chi connectivity index (χ4v) is 3.69. The SMILES string of the molecule is CC(C)c1cccc(C(C)C)c1NC(=O)c1csc(-c2cnn(C)c2)n1. The fraction of sp³-hybridized carbons (Fsp3) is 0.350. The standard InChI is InChI=1S/C20H24N4OS/c1-12(2)15-7-6-8-16(13(3)4)18(15)23-19(25)17-11-26-20(22-17)14-9-21-24(5)10-14/h6-13H,1-5H3,(H,23,25). The molecule has 0 atom stereocenters. The van der Waals surface area contributed by atoms with E-state index in [1.54, 1.807) is 16.3 Å². The normalized spacial score (nSPS) is 11.3. The molecule has 2 aromatic heterocycles. The number of hydrogen-bond donors (Lipinski definition) is 1. The van der Waals surface area contributed by atoms with Crippen molar-refractivity contribution in [2.45, 2.75) is 39.5 Å². The summed E-state index contributed by atoms with van der Waals surface area (Å²) in [4.78, 5) is 17.3. The molecule has 0 aliphatic rings. The summed E-state index contributed by atoms with van der Waals surface area (Å²) in [5, 5.41) is 9.86. The lowest BCUT2D eigenvalue weighted by Gasteiger charge is -2.19. The third-order valence-corrected chi connectivity index (χ3v) is 5.19. The van der Waals surface area contributed by atoms with Crippen LogP contribution in [-0.4, -0.2) is 20.7 Å². The third-order valence-electron chi connectivity index (χ3n) is 4.30. The maximum absolute atomic E-state index is 12.8. The Morgan fingerprint density at radius 2 is 1.81 bits per heavy atom. The molecule has 3 aromatic rings. The van der Waals surface area contributed by atoms with Crippen LogP contribution in [0.2, 0.25) is 0 Å². The molecule has 1 aromatic carbocycles. The molecule has 0 unspecified atom stereocenters. The molecule has 5 nitrogen and oxygen atoms in total. The molecule has 6 heteroatoms. The number of carbonyl (C=O) groups is 1. The molecule has 1 amide bonds. The second kappa shape index (κ2) is 7.41. The van der Waals surface area contributed by atoms with Gasteiger partial charge in [0.2, 0.25) is 0 Å². The minimum absolute atomic E-state index is 0.175. The Morgan fingerprint density at radius 3 is 2.35 bits per heavy atom. The number of hydrogen-bond acceptors (Lipinski definition) is 4. The Hall–Kier alpha value is -2.47. The van der Waals surface area contributed by atoms with Gasteiger partial charge in [-0.25, -0.2) is 4.98 Å². The van der Waals surface area contributed by atoms with Crippen molar-refractivity contribution < 1.29 is 4.79 Å². The van der Waals surface area contributed by atoms with Gasteiger partial charge in [0.05, 0.1) is 6.20 Å². The molecule has 0 radical (unpaired) electrons. The van der Waals surface area contributed by atoms with Crippen LogP contribution in [0.5, 0.6) is 0 Å². The number of thiazole rings is 1. The number of carbonyl (C=O) groups excluding carboxylic acids is 1. The van der Waals surface area contributed by atoms with Crippen LogP contribution in [0.4, 0.5) is 5.69 Å². The summed E-state index contributed by atoms with van der Waals surface area (Å²) in [5.41, 5.74) is 4.56. The van der Waals surface area contributed by atoms with Gasteiger partial charge in [0.25, 0.3) is 5.91 Å². The van der Waals surface area contributed by atoms with Crippen LogP contribution in [-0.2, 0) is 7.05 Å². The van der Waals surface area contributed by atoms with Gasteiger partial charge in [-0.3, -0.25) is 9.48 Å². The first-order valence-corrected chi connectivity index (χ1v) is 9.63. The number of nitrogens with one attached hydrogen (secondary N) is 1. The molecule has 0 bridgehead atoms. The quantitative estimate of drug-likeness (QED) is 0.686. The highest BCUT2D eigenvalue weighted by Crippen LogP contribution is 2.33. The summed E-state index contributed by atoms with van der Waals surface area (Å²) >= 11 is 1.45. The number of nitrogens with zero attached hydrogens (tertiary/aromatic N) is 3. The van der Waals surface area contributed by atoms with Crippen molar-refractivity contribution in [3.63, 3.8) is 0 Å². The van der Waals surface area contributed by atoms with E-state index >= 15 is 0 Å². The van der Waals surface area contributed by atoms with E-state index in [-0.39, 0.29) is 5.91 Å². The van der Waals surface area contributed by atoms with Crippen molar-refractivity contribution in [2.24, 2.45) is 7.05 Å². The lowest BCUT2D eigenvalue weighted by molar-refractivity contribution is 0.102. The molecule has 0 aliphatic heterocycles. The van der Waals surface area contributed by atoms with Gasteiger partial charge in [-0.05, 0) is 23.0 Å². The van der Waals surface area contributed by atoms with Crippen LogP contribution < -0.4 is 5.32 Å². The largest absolute Gasteiger partial charge is 0.320 e. The van der Waals surface area contributed by atoms with Crippen molar-refractivity contribution >= 4 is 22.9 Å². The van der Waals surface area contributed by atoms with Crippen LogP contribution in [0.15, 0.2) is 36.0 Å². The molecule has 2 heterocycles. The Kier molecular flexibility index (Phi) is 5.23. The van der Waals surface area contributed by atoms with E-state index in [0.717, 1.165) is 27.4 Å². The first kappa shape index (κ1) is 18.3. The van der Waals surface area contributed by atoms with Gasteiger partial charge in [-0.2, -0.15) is 5.10 Å². The third kappa shape index (κ3) is 3.70. The summed E-state index contributed by atoms with van der Waals surface area (Å²) in [6, 6.07) is 6.21. The molecule has 0 saturated carbocycles. The predicted octanol–water partition coefficient (Wildman–Crippen LogP) is 5.04. The minimum Gasteiger partial charge on any atom is -0.320 e. The Bertz CT molecular complexity index is 897. The maximum atomic E-state index is 12.8. The molecule has 3 rings (SSSR count). The summed E-state index contributed by atoms with van der Waals surface area (Å²) in [6.07, 6.45) is 3.65. The second-order valence-corrected chi connectivity index (χ2v) is 7.87. The van der Waals surface area contributed by atoms with Crippen LogP contribution in [0.1, 0.15) is 61.1 Å². The van der Waals surface area contributed by atoms with Gasteiger partial charge in [0, 0.05) is 29.9 Å². The van der Waals surface area contributed by atoms with E-state index in [1.165, 1.54) is 11.3 Å². The molecule has 0 fully saturated rings. The van der Waals surface area contributed by atoms with E-state index in [4.69, 9.17) is 0 Å². The van der Waals surface area contributed by atoms with Crippen LogP contribution in [0.25, 0.3) is 10.6 Å². The number of amides is 1. The maximum Gasteiger partial charge on any atom is 0.275 e. The molecule has 26 heavy (non-hydrogen) atoms. The van der Waals surface area contributed by atoms with E-state index < -0.39 is 0 Å². The number of aryl methyl sites for hydroxylation is 1. The number of anilines is 1. The van der Waals surface area contributed by atoms with Gasteiger partial charge in [-0.15, -0.1) is 11.3 Å². The average Bonchev–Trinajstić information content (AvgIpc) is 3.23. The van der Waals surface area contributed by atoms with Crippen molar-refractivity contribution in [1.29, 1.82) is 0 Å². The molecule has 0 saturated heterocycles. The molecule has 1 N–H and O–H groups in total. The molecule has 0 aliphatic carbocycles. The zero-order valence-corrected chi connectivity index (χ0v) is 16.6. The molecule has 136 valence electrons. The predicted molar refractivity (Wildman–Crippen MR) is 107 cm³/mol. The van der Waals surface area contributed by atoms with E-state index in [1.807, 2.05) is 13.2 Å². The topological polar surface area (TPSA) is 59.8 Å². The van der Waals surface area contributed by atoms with Crippen molar-refractivity contribution in [2.75, 3.05) is 5.32 Å². The lowest BCUT2D eigenvalue weighted by atomic mass is 9.92. The van der Waals surface area contributed by atoms with Gasteiger partial charge in [0.15, 0.2) is 0 Å². The molecular formula is C20H24N4OS. The average molecular weight is 369 g/mol. The van der Waals surface area contributed by atoms with Gasteiger partial charge in [0.1, 0.15) is 10.7 Å². The Balaban J connectivity index is 1.90. The second-order valence-electron chi connectivity index (χ2n) is 7.02. The Morgan fingerprint density at radius 1 is 1.15 bits per heavy atom. The number of benzene rings is 1. The zero-order chi connectivity index (χ0) is 18.8. The smallest absolute Gasteiger partial charge is 0.275 e. The first-order valence-electron chi connectivity index (χ1n) is 8.75. The van der Waals surface area contributed by atoms with Crippen molar-refractivity contribution in [3.8, 4) is 10.6 Å². The fourth-order valence-electron chi connectivity index (χ4n) is 2.92. The highest BCUT2D eigenvalue weighted by molar-refractivity contribution is 7.13. The van der Waals surface area contributed by atoms with Crippen molar-refractivity contribution in [1.82, 2.24) is 14.8 Å². The summed E-state index contributed by atoms with van der Waals surface area (Å²) in [6.45, 7) is 8.55. The van der Waals surface area contributed by atoms with E-state index in [0.29, 0.717) is 17.5 Å². The highest BCUT2D eigenvalue weighted by Gasteiger charge is 2.19. The van der Waals surface area contributed by atoms with Crippen molar-refractivity contribution in [3.05, 3.63) is 52.8 Å². The number of para-hydroxylation sites is 1. The van der Waals surface area contributed by atoms with Crippen LogP contribution in [0.3, 0.4) is 0 Å². The monoisotopic (exact) mass is 368 g/mol. The summed E-state index contributed by atoms with van der Waals surface area (Å²) in [5.74, 6) is 0.474. The number of rotatable bonds is 5. The van der Waals surface area contributed by atoms with Crippen LogP contribution >= 0.6 is 11.3 Å². The summed E-state index contributed by atoms with van der Waals surface area (Å²) < 4.78 is 1.73.